The molecule has 16 heavy (non-hydrogen) atoms. The van der Waals surface area contributed by atoms with Crippen LogP contribution < -0.4 is 15.4 Å². The van der Waals surface area contributed by atoms with E-state index in [-0.39, 0.29) is 0 Å². The number of nitrogen functional groups attached to an aromatic ring is 1. The Labute approximate surface area is 95.8 Å². The van der Waals surface area contributed by atoms with Gasteiger partial charge in [-0.2, -0.15) is 0 Å². The number of anilines is 2. The van der Waals surface area contributed by atoms with E-state index >= 15 is 0 Å². The largest absolute Gasteiger partial charge is 0.493 e. The predicted molar refractivity (Wildman–Crippen MR) is 64.9 cm³/mol. The Kier molecular flexibility index (Phi) is 3.14. The lowest BCUT2D eigenvalue weighted by molar-refractivity contribution is 0.310. The van der Waals surface area contributed by atoms with Gasteiger partial charge in [0.15, 0.2) is 11.6 Å². The van der Waals surface area contributed by atoms with Crippen LogP contribution in [0.15, 0.2) is 12.3 Å². The van der Waals surface area contributed by atoms with E-state index in [4.69, 9.17) is 10.5 Å². The number of aromatic nitrogens is 1. The van der Waals surface area contributed by atoms with E-state index in [1.54, 1.807) is 13.3 Å². The number of rotatable bonds is 2. The van der Waals surface area contributed by atoms with Crippen molar-refractivity contribution in [2.24, 2.45) is 0 Å². The van der Waals surface area contributed by atoms with Crippen molar-refractivity contribution < 1.29 is 4.74 Å². The molecule has 0 spiro atoms. The first-order valence-electron chi connectivity index (χ1n) is 5.43. The Hall–Kier alpha value is -1.49. The molecule has 0 aliphatic carbocycles. The summed E-state index contributed by atoms with van der Waals surface area (Å²) in [5.74, 6) is 1.65. The lowest BCUT2D eigenvalue weighted by atomic mass is 10.3. The van der Waals surface area contributed by atoms with Crippen molar-refractivity contribution in [1.82, 2.24) is 9.88 Å². The van der Waals surface area contributed by atoms with Crippen LogP contribution in [0.1, 0.15) is 0 Å². The van der Waals surface area contributed by atoms with Crippen molar-refractivity contribution in [2.75, 3.05) is 51.0 Å². The van der Waals surface area contributed by atoms with Crippen molar-refractivity contribution >= 4 is 11.5 Å². The fraction of sp³-hybridized carbons (Fsp3) is 0.545. The first-order valence-corrected chi connectivity index (χ1v) is 5.43. The first-order chi connectivity index (χ1) is 7.70. The van der Waals surface area contributed by atoms with Gasteiger partial charge in [-0.15, -0.1) is 0 Å². The number of methoxy groups -OCH3 is 1. The lowest BCUT2D eigenvalue weighted by Crippen LogP contribution is -2.44. The van der Waals surface area contributed by atoms with Crippen LogP contribution in [-0.4, -0.2) is 50.2 Å². The van der Waals surface area contributed by atoms with Crippen LogP contribution >= 0.6 is 0 Å². The van der Waals surface area contributed by atoms with Gasteiger partial charge in [0.05, 0.1) is 19.0 Å². The molecule has 5 heteroatoms. The molecule has 0 atom stereocenters. The summed E-state index contributed by atoms with van der Waals surface area (Å²) in [4.78, 5) is 8.90. The maximum absolute atomic E-state index is 5.69. The van der Waals surface area contributed by atoms with Crippen molar-refractivity contribution in [3.8, 4) is 5.75 Å². The van der Waals surface area contributed by atoms with E-state index < -0.39 is 0 Å². The second-order valence-electron chi connectivity index (χ2n) is 4.08. The molecule has 0 bridgehead atoms. The third-order valence-electron chi connectivity index (χ3n) is 2.88. The number of pyridine rings is 1. The molecule has 1 aromatic rings. The summed E-state index contributed by atoms with van der Waals surface area (Å²) in [6, 6.07) is 1.82. The molecule has 1 saturated heterocycles. The minimum absolute atomic E-state index is 0.634. The van der Waals surface area contributed by atoms with Crippen molar-refractivity contribution in [3.05, 3.63) is 12.3 Å². The number of nitrogens with zero attached hydrogens (tertiary/aromatic N) is 3. The molecule has 0 unspecified atom stereocenters. The molecule has 1 aliphatic heterocycles. The minimum atomic E-state index is 0.634. The molecule has 1 aliphatic rings. The Morgan fingerprint density at radius 2 is 2.00 bits per heavy atom. The lowest BCUT2D eigenvalue weighted by Gasteiger charge is -2.33. The second kappa shape index (κ2) is 4.57. The van der Waals surface area contributed by atoms with Gasteiger partial charge in [-0.3, -0.25) is 0 Å². The van der Waals surface area contributed by atoms with E-state index in [0.717, 1.165) is 37.7 Å². The zero-order valence-electron chi connectivity index (χ0n) is 9.81. The van der Waals surface area contributed by atoms with E-state index in [0.29, 0.717) is 5.69 Å². The van der Waals surface area contributed by atoms with Gasteiger partial charge in [0.25, 0.3) is 0 Å². The quantitative estimate of drug-likeness (QED) is 0.786. The highest BCUT2D eigenvalue weighted by Gasteiger charge is 2.18. The van der Waals surface area contributed by atoms with Crippen LogP contribution in [0, 0.1) is 0 Å². The number of likely N-dealkylation sites (N-methyl/N-ethyl adjacent to an activating group) is 1. The van der Waals surface area contributed by atoms with Gasteiger partial charge in [0.2, 0.25) is 0 Å². The Morgan fingerprint density at radius 1 is 1.31 bits per heavy atom. The van der Waals surface area contributed by atoms with Crippen molar-refractivity contribution in [3.63, 3.8) is 0 Å². The molecular formula is C11H18N4O. The zero-order chi connectivity index (χ0) is 11.5. The molecule has 0 saturated carbocycles. The molecule has 0 amide bonds. The summed E-state index contributed by atoms with van der Waals surface area (Å²) in [6.45, 7) is 4.05. The van der Waals surface area contributed by atoms with Crippen LogP contribution in [0.2, 0.25) is 0 Å². The summed E-state index contributed by atoms with van der Waals surface area (Å²) in [5, 5.41) is 0. The zero-order valence-corrected chi connectivity index (χ0v) is 9.81. The average Bonchev–Trinajstić information content (AvgIpc) is 2.30. The molecule has 0 aromatic carbocycles. The van der Waals surface area contributed by atoms with Gasteiger partial charge < -0.3 is 20.3 Å². The Bertz CT molecular complexity index is 361. The molecule has 0 radical (unpaired) electrons. The number of hydrogen-bond donors (Lipinski definition) is 1. The normalized spacial score (nSPS) is 17.5. The van der Waals surface area contributed by atoms with E-state index in [9.17, 15) is 0 Å². The summed E-state index contributed by atoms with van der Waals surface area (Å²) in [7, 11) is 3.78. The van der Waals surface area contributed by atoms with Crippen LogP contribution in [0.3, 0.4) is 0 Å². The standard InChI is InChI=1S/C11H18N4O/c1-14-3-5-15(6-4-14)11-10(16-2)7-9(12)8-13-11/h7-8H,3-6,12H2,1-2H3. The second-order valence-corrected chi connectivity index (χ2v) is 4.08. The Morgan fingerprint density at radius 3 is 2.62 bits per heavy atom. The summed E-state index contributed by atoms with van der Waals surface area (Å²) in [6.07, 6.45) is 1.68. The number of nitrogens with two attached hydrogens (primary N) is 1. The molecule has 5 nitrogen and oxygen atoms in total. The van der Waals surface area contributed by atoms with Crippen LogP contribution in [0.25, 0.3) is 0 Å². The van der Waals surface area contributed by atoms with Crippen LogP contribution in [0.5, 0.6) is 5.75 Å². The SMILES string of the molecule is COc1cc(N)cnc1N1CCN(C)CC1. The van der Waals surface area contributed by atoms with E-state index in [1.807, 2.05) is 6.07 Å². The van der Waals surface area contributed by atoms with Crippen molar-refractivity contribution in [2.45, 2.75) is 0 Å². The van der Waals surface area contributed by atoms with Gasteiger partial charge in [0, 0.05) is 32.2 Å². The van der Waals surface area contributed by atoms with Gasteiger partial charge in [-0.25, -0.2) is 4.98 Å². The van der Waals surface area contributed by atoms with Gasteiger partial charge >= 0.3 is 0 Å². The van der Waals surface area contributed by atoms with Crippen LogP contribution in [0.4, 0.5) is 11.5 Å². The predicted octanol–water partition coefficient (Wildman–Crippen LogP) is 0.424. The molecule has 2 N–H and O–H groups in total. The minimum Gasteiger partial charge on any atom is -0.493 e. The smallest absolute Gasteiger partial charge is 0.171 e. The van der Waals surface area contributed by atoms with Gasteiger partial charge in [-0.05, 0) is 7.05 Å². The molecule has 1 aromatic heterocycles. The highest BCUT2D eigenvalue weighted by molar-refractivity contribution is 5.58. The number of piperazine rings is 1. The fourth-order valence-electron chi connectivity index (χ4n) is 1.86. The van der Waals surface area contributed by atoms with Crippen LogP contribution in [-0.2, 0) is 0 Å². The first kappa shape index (κ1) is 11.0. The summed E-state index contributed by atoms with van der Waals surface area (Å²) < 4.78 is 5.31. The molecule has 2 rings (SSSR count). The highest BCUT2D eigenvalue weighted by atomic mass is 16.5. The maximum Gasteiger partial charge on any atom is 0.171 e. The number of hydrogen-bond acceptors (Lipinski definition) is 5. The maximum atomic E-state index is 5.69. The topological polar surface area (TPSA) is 54.6 Å². The molecule has 88 valence electrons. The Balaban J connectivity index is 2.19. The molecule has 1 fully saturated rings. The monoisotopic (exact) mass is 222 g/mol. The van der Waals surface area contributed by atoms with Gasteiger partial charge in [-0.1, -0.05) is 0 Å². The third kappa shape index (κ3) is 2.19. The van der Waals surface area contributed by atoms with Crippen molar-refractivity contribution in [1.29, 1.82) is 0 Å². The van der Waals surface area contributed by atoms with E-state index in [2.05, 4.69) is 21.8 Å². The average molecular weight is 222 g/mol. The fourth-order valence-corrected chi connectivity index (χ4v) is 1.86. The molecular weight excluding hydrogens is 204 g/mol. The summed E-state index contributed by atoms with van der Waals surface area (Å²) >= 11 is 0. The third-order valence-corrected chi connectivity index (χ3v) is 2.88. The highest BCUT2D eigenvalue weighted by Crippen LogP contribution is 2.27. The van der Waals surface area contributed by atoms with E-state index in [1.165, 1.54) is 0 Å². The summed E-state index contributed by atoms with van der Waals surface area (Å²) in [5.41, 5.74) is 6.32. The van der Waals surface area contributed by atoms with Gasteiger partial charge in [0.1, 0.15) is 0 Å². The number of ether oxygens (including phenoxy) is 1. The molecule has 2 heterocycles.